The largest absolute Gasteiger partial charge is 0.457 e. The third-order valence-corrected chi connectivity index (χ3v) is 5.44. The van der Waals surface area contributed by atoms with Crippen molar-refractivity contribution < 1.29 is 14.3 Å². The van der Waals surface area contributed by atoms with E-state index in [2.05, 4.69) is 27.7 Å². The van der Waals surface area contributed by atoms with Crippen LogP contribution in [0.1, 0.15) is 16.7 Å². The first-order valence-electron chi connectivity index (χ1n) is 11.0. The Hall–Kier alpha value is -3.35. The van der Waals surface area contributed by atoms with Gasteiger partial charge in [0.25, 0.3) is 0 Å². The van der Waals surface area contributed by atoms with Crippen LogP contribution in [0, 0.1) is 0 Å². The normalized spacial score (nSPS) is 14.0. The molecule has 0 spiro atoms. The van der Waals surface area contributed by atoms with E-state index in [1.54, 1.807) is 0 Å². The molecule has 0 saturated carbocycles. The van der Waals surface area contributed by atoms with Gasteiger partial charge in [0, 0.05) is 38.3 Å². The molecule has 1 heterocycles. The van der Waals surface area contributed by atoms with Gasteiger partial charge in [0.2, 0.25) is 0 Å². The molecule has 166 valence electrons. The number of urea groups is 1. The topological polar surface area (TPSA) is 62.8 Å². The molecule has 6 heteroatoms. The van der Waals surface area contributed by atoms with Crippen LogP contribution in [0.15, 0.2) is 78.9 Å². The van der Waals surface area contributed by atoms with E-state index in [4.69, 9.17) is 9.47 Å². The van der Waals surface area contributed by atoms with Crippen LogP contribution in [0.25, 0.3) is 0 Å². The Morgan fingerprint density at radius 2 is 1.38 bits per heavy atom. The molecule has 0 atom stereocenters. The number of hydrogen-bond donors (Lipinski definition) is 2. The Labute approximate surface area is 189 Å². The Balaban J connectivity index is 1.30. The zero-order valence-corrected chi connectivity index (χ0v) is 18.1. The molecule has 0 aliphatic carbocycles. The van der Waals surface area contributed by atoms with Crippen molar-refractivity contribution in [3.63, 3.8) is 0 Å². The van der Waals surface area contributed by atoms with Crippen LogP contribution >= 0.6 is 0 Å². The summed E-state index contributed by atoms with van der Waals surface area (Å²) >= 11 is 0. The number of carbonyl (C=O) groups excluding carboxylic acids is 1. The Morgan fingerprint density at radius 1 is 0.781 bits per heavy atom. The van der Waals surface area contributed by atoms with Crippen molar-refractivity contribution in [1.29, 1.82) is 0 Å². The third-order valence-electron chi connectivity index (χ3n) is 5.44. The fraction of sp³-hybridized carbons (Fsp3) is 0.269. The van der Waals surface area contributed by atoms with E-state index in [9.17, 15) is 4.79 Å². The highest BCUT2D eigenvalue weighted by atomic mass is 16.5. The summed E-state index contributed by atoms with van der Waals surface area (Å²) in [6.45, 7) is 5.15. The SMILES string of the molecule is O=C(NCc1ccccc1CN1CCOCC1)NCc1ccccc1Oc1ccccc1. The van der Waals surface area contributed by atoms with Gasteiger partial charge in [0.1, 0.15) is 11.5 Å². The molecule has 32 heavy (non-hydrogen) atoms. The molecule has 4 rings (SSSR count). The van der Waals surface area contributed by atoms with Crippen molar-refractivity contribution in [2.45, 2.75) is 19.6 Å². The van der Waals surface area contributed by atoms with Crippen LogP contribution in [-0.4, -0.2) is 37.2 Å². The Kier molecular flexibility index (Phi) is 7.74. The number of benzene rings is 3. The predicted molar refractivity (Wildman–Crippen MR) is 125 cm³/mol. The number of ether oxygens (including phenoxy) is 2. The van der Waals surface area contributed by atoms with Crippen LogP contribution in [-0.2, 0) is 24.4 Å². The maximum Gasteiger partial charge on any atom is 0.315 e. The second-order valence-corrected chi connectivity index (χ2v) is 7.72. The minimum atomic E-state index is -0.208. The van der Waals surface area contributed by atoms with Crippen molar-refractivity contribution in [2.75, 3.05) is 26.3 Å². The zero-order valence-electron chi connectivity index (χ0n) is 18.1. The van der Waals surface area contributed by atoms with Gasteiger partial charge in [-0.25, -0.2) is 4.79 Å². The first-order chi connectivity index (χ1) is 15.8. The summed E-state index contributed by atoms with van der Waals surface area (Å²) in [4.78, 5) is 14.9. The maximum atomic E-state index is 12.5. The van der Waals surface area contributed by atoms with E-state index in [-0.39, 0.29) is 6.03 Å². The van der Waals surface area contributed by atoms with Gasteiger partial charge >= 0.3 is 6.03 Å². The van der Waals surface area contributed by atoms with Gasteiger partial charge in [0.05, 0.1) is 13.2 Å². The number of hydrogen-bond acceptors (Lipinski definition) is 4. The summed E-state index contributed by atoms with van der Waals surface area (Å²) in [5.41, 5.74) is 3.28. The molecule has 2 N–H and O–H groups in total. The summed E-state index contributed by atoms with van der Waals surface area (Å²) < 4.78 is 11.4. The molecule has 0 aromatic heterocycles. The molecular weight excluding hydrogens is 402 g/mol. The lowest BCUT2D eigenvalue weighted by Gasteiger charge is -2.27. The predicted octanol–water partition coefficient (Wildman–Crippen LogP) is 4.31. The maximum absolute atomic E-state index is 12.5. The first kappa shape index (κ1) is 21.9. The third kappa shape index (κ3) is 6.33. The molecule has 0 unspecified atom stereocenters. The number of para-hydroxylation sites is 2. The van der Waals surface area contributed by atoms with Gasteiger partial charge in [-0.05, 0) is 29.3 Å². The van der Waals surface area contributed by atoms with Crippen LogP contribution in [0.4, 0.5) is 4.79 Å². The van der Waals surface area contributed by atoms with E-state index in [1.165, 1.54) is 5.56 Å². The highest BCUT2D eigenvalue weighted by Gasteiger charge is 2.13. The van der Waals surface area contributed by atoms with Gasteiger partial charge in [-0.1, -0.05) is 60.7 Å². The van der Waals surface area contributed by atoms with E-state index in [0.29, 0.717) is 13.1 Å². The summed E-state index contributed by atoms with van der Waals surface area (Å²) in [6.07, 6.45) is 0. The molecule has 0 radical (unpaired) electrons. The van der Waals surface area contributed by atoms with Crippen LogP contribution in [0.2, 0.25) is 0 Å². The Morgan fingerprint density at radius 3 is 2.12 bits per heavy atom. The van der Waals surface area contributed by atoms with Gasteiger partial charge in [-0.15, -0.1) is 0 Å². The summed E-state index contributed by atoms with van der Waals surface area (Å²) in [5.74, 6) is 1.50. The lowest BCUT2D eigenvalue weighted by Crippen LogP contribution is -2.37. The number of amides is 2. The zero-order chi connectivity index (χ0) is 22.0. The number of nitrogens with zero attached hydrogens (tertiary/aromatic N) is 1. The van der Waals surface area contributed by atoms with Crippen molar-refractivity contribution in [1.82, 2.24) is 15.5 Å². The van der Waals surface area contributed by atoms with E-state index >= 15 is 0 Å². The lowest BCUT2D eigenvalue weighted by molar-refractivity contribution is 0.0341. The lowest BCUT2D eigenvalue weighted by atomic mass is 10.1. The molecular formula is C26H29N3O3. The minimum absolute atomic E-state index is 0.208. The van der Waals surface area contributed by atoms with Crippen LogP contribution in [0.5, 0.6) is 11.5 Å². The van der Waals surface area contributed by atoms with E-state index in [0.717, 1.165) is 55.5 Å². The van der Waals surface area contributed by atoms with Crippen molar-refractivity contribution >= 4 is 6.03 Å². The molecule has 1 aliphatic rings. The summed E-state index contributed by atoms with van der Waals surface area (Å²) in [5, 5.41) is 5.92. The highest BCUT2D eigenvalue weighted by molar-refractivity contribution is 5.74. The number of morpholine rings is 1. The highest BCUT2D eigenvalue weighted by Crippen LogP contribution is 2.24. The number of rotatable bonds is 8. The molecule has 3 aromatic rings. The number of nitrogens with one attached hydrogen (secondary N) is 2. The fourth-order valence-electron chi connectivity index (χ4n) is 3.66. The van der Waals surface area contributed by atoms with Gasteiger partial charge in [0.15, 0.2) is 0 Å². The molecule has 6 nitrogen and oxygen atoms in total. The van der Waals surface area contributed by atoms with E-state index < -0.39 is 0 Å². The molecule has 3 aromatic carbocycles. The molecule has 1 saturated heterocycles. The average molecular weight is 432 g/mol. The second-order valence-electron chi connectivity index (χ2n) is 7.72. The second kappa shape index (κ2) is 11.3. The standard InChI is InChI=1S/C26H29N3O3/c30-26(27-18-21-8-4-5-10-23(21)20-29-14-16-31-17-15-29)28-19-22-9-6-7-13-25(22)32-24-11-2-1-3-12-24/h1-13H,14-20H2,(H2,27,28,30). The monoisotopic (exact) mass is 431 g/mol. The van der Waals surface area contributed by atoms with Crippen LogP contribution in [0.3, 0.4) is 0 Å². The van der Waals surface area contributed by atoms with E-state index in [1.807, 2.05) is 66.7 Å². The van der Waals surface area contributed by atoms with Crippen molar-refractivity contribution in [2.24, 2.45) is 0 Å². The van der Waals surface area contributed by atoms with Crippen molar-refractivity contribution in [3.05, 3.63) is 95.6 Å². The molecule has 2 amide bonds. The summed E-state index contributed by atoms with van der Waals surface area (Å²) in [7, 11) is 0. The van der Waals surface area contributed by atoms with Gasteiger partial charge in [-0.3, -0.25) is 4.90 Å². The fourth-order valence-corrected chi connectivity index (χ4v) is 3.66. The minimum Gasteiger partial charge on any atom is -0.457 e. The molecule has 0 bridgehead atoms. The smallest absolute Gasteiger partial charge is 0.315 e. The summed E-state index contributed by atoms with van der Waals surface area (Å²) in [6, 6.07) is 25.4. The number of carbonyl (C=O) groups is 1. The van der Waals surface area contributed by atoms with Gasteiger partial charge in [-0.2, -0.15) is 0 Å². The van der Waals surface area contributed by atoms with Crippen LogP contribution < -0.4 is 15.4 Å². The van der Waals surface area contributed by atoms with Crippen molar-refractivity contribution in [3.8, 4) is 11.5 Å². The molecule has 1 fully saturated rings. The van der Waals surface area contributed by atoms with Gasteiger partial charge < -0.3 is 20.1 Å². The first-order valence-corrected chi connectivity index (χ1v) is 11.0. The molecule has 1 aliphatic heterocycles. The average Bonchev–Trinajstić information content (AvgIpc) is 2.84. The Bertz CT molecular complexity index is 1000. The quantitative estimate of drug-likeness (QED) is 0.558.